The zero-order valence-electron chi connectivity index (χ0n) is 14.6. The predicted molar refractivity (Wildman–Crippen MR) is 96.8 cm³/mol. The first kappa shape index (κ1) is 16.3. The van der Waals surface area contributed by atoms with E-state index in [0.29, 0.717) is 6.67 Å². The summed E-state index contributed by atoms with van der Waals surface area (Å²) in [6.45, 7) is 2.45. The van der Waals surface area contributed by atoms with Crippen LogP contribution in [0.5, 0.6) is 5.75 Å². The van der Waals surface area contributed by atoms with E-state index in [2.05, 4.69) is 10.00 Å². The topological polar surface area (TPSA) is 47.4 Å². The molecule has 0 saturated carbocycles. The van der Waals surface area contributed by atoms with E-state index in [4.69, 9.17) is 4.74 Å². The summed E-state index contributed by atoms with van der Waals surface area (Å²) < 4.78 is 7.68. The van der Waals surface area contributed by atoms with Crippen LogP contribution in [0.3, 0.4) is 0 Å². The van der Waals surface area contributed by atoms with Crippen LogP contribution in [0.25, 0.3) is 0 Å². The number of hydrogen-bond acceptors (Lipinski definition) is 4. The molecular formula is C20H25N3O2. The molecule has 1 aromatic heterocycles. The molecule has 1 aliphatic carbocycles. The Balaban J connectivity index is 1.35. The van der Waals surface area contributed by atoms with Gasteiger partial charge in [0.15, 0.2) is 0 Å². The van der Waals surface area contributed by atoms with E-state index in [0.717, 1.165) is 55.8 Å². The number of hydrogen-bond donors (Lipinski definition) is 0. The van der Waals surface area contributed by atoms with Crippen LogP contribution in [0, 0.1) is 0 Å². The highest BCUT2D eigenvalue weighted by Gasteiger charge is 2.22. The normalized spacial score (nSPS) is 18.7. The summed E-state index contributed by atoms with van der Waals surface area (Å²) in [7, 11) is 0. The predicted octanol–water partition coefficient (Wildman–Crippen LogP) is 2.62. The minimum atomic E-state index is 0.0308. The Morgan fingerprint density at radius 1 is 1.08 bits per heavy atom. The van der Waals surface area contributed by atoms with Crippen LogP contribution >= 0.6 is 0 Å². The second-order valence-corrected chi connectivity index (χ2v) is 7.05. The van der Waals surface area contributed by atoms with Crippen molar-refractivity contribution < 1.29 is 4.74 Å². The second-order valence-electron chi connectivity index (χ2n) is 7.05. The molecule has 2 aromatic rings. The molecule has 1 saturated heterocycles. The number of aryl methyl sites for hydroxylation is 2. The molecule has 1 aromatic carbocycles. The van der Waals surface area contributed by atoms with E-state index < -0.39 is 0 Å². The summed E-state index contributed by atoms with van der Waals surface area (Å²) in [5.41, 5.74) is 2.30. The molecule has 0 amide bonds. The van der Waals surface area contributed by atoms with Gasteiger partial charge in [-0.05, 0) is 56.2 Å². The fourth-order valence-electron chi connectivity index (χ4n) is 3.75. The third-order valence-electron chi connectivity index (χ3n) is 5.19. The Morgan fingerprint density at radius 3 is 2.64 bits per heavy atom. The smallest absolute Gasteiger partial charge is 0.268 e. The highest BCUT2D eigenvalue weighted by Crippen LogP contribution is 2.19. The highest BCUT2D eigenvalue weighted by atomic mass is 16.5. The van der Waals surface area contributed by atoms with Gasteiger partial charge in [-0.15, -0.1) is 0 Å². The summed E-state index contributed by atoms with van der Waals surface area (Å²) >= 11 is 0. The summed E-state index contributed by atoms with van der Waals surface area (Å²) in [6.07, 6.45) is 6.58. The lowest BCUT2D eigenvalue weighted by Gasteiger charge is -2.32. The van der Waals surface area contributed by atoms with Gasteiger partial charge in [0.1, 0.15) is 11.9 Å². The molecule has 4 rings (SSSR count). The largest absolute Gasteiger partial charge is 0.490 e. The molecule has 0 bridgehead atoms. The van der Waals surface area contributed by atoms with Crippen LogP contribution in [-0.2, 0) is 19.5 Å². The van der Waals surface area contributed by atoms with Gasteiger partial charge in [-0.3, -0.25) is 9.69 Å². The molecule has 0 radical (unpaired) electrons. The number of para-hydroxylation sites is 1. The van der Waals surface area contributed by atoms with Crippen molar-refractivity contribution >= 4 is 0 Å². The summed E-state index contributed by atoms with van der Waals surface area (Å²) in [5, 5.41) is 4.62. The van der Waals surface area contributed by atoms with Crippen LogP contribution in [0.2, 0.25) is 0 Å². The quantitative estimate of drug-likeness (QED) is 0.859. The van der Waals surface area contributed by atoms with Crippen LogP contribution in [0.1, 0.15) is 36.9 Å². The lowest BCUT2D eigenvalue weighted by molar-refractivity contribution is 0.0791. The Kier molecular flexibility index (Phi) is 4.83. The molecular weight excluding hydrogens is 314 g/mol. The van der Waals surface area contributed by atoms with E-state index in [-0.39, 0.29) is 11.7 Å². The van der Waals surface area contributed by atoms with Crippen molar-refractivity contribution in [1.29, 1.82) is 0 Å². The van der Waals surface area contributed by atoms with Crippen LogP contribution in [-0.4, -0.2) is 33.9 Å². The van der Waals surface area contributed by atoms with E-state index >= 15 is 0 Å². The molecule has 0 unspecified atom stereocenters. The van der Waals surface area contributed by atoms with Crippen LogP contribution in [0.4, 0.5) is 0 Å². The van der Waals surface area contributed by atoms with Gasteiger partial charge in [0, 0.05) is 19.2 Å². The van der Waals surface area contributed by atoms with Crippen molar-refractivity contribution in [3.05, 3.63) is 58.0 Å². The number of benzene rings is 1. The number of fused-ring (bicyclic) bond motifs is 1. The molecule has 0 spiro atoms. The van der Waals surface area contributed by atoms with Crippen molar-refractivity contribution in [3.63, 3.8) is 0 Å². The van der Waals surface area contributed by atoms with Gasteiger partial charge in [0.2, 0.25) is 0 Å². The summed E-state index contributed by atoms with van der Waals surface area (Å²) in [4.78, 5) is 14.6. The Bertz CT molecular complexity index is 764. The molecule has 5 nitrogen and oxygen atoms in total. The molecule has 5 heteroatoms. The maximum Gasteiger partial charge on any atom is 0.268 e. The number of nitrogens with zero attached hydrogens (tertiary/aromatic N) is 3. The van der Waals surface area contributed by atoms with Gasteiger partial charge in [0.05, 0.1) is 12.4 Å². The minimum absolute atomic E-state index is 0.0308. The molecule has 1 fully saturated rings. The standard InChI is InChI=1S/C20H25N3O2/c24-20-14-16-6-4-5-9-19(16)21-23(20)15-22-12-10-18(11-13-22)25-17-7-2-1-3-8-17/h1-3,7-8,14,18H,4-6,9-13,15H2. The van der Waals surface area contributed by atoms with Crippen molar-refractivity contribution in [2.45, 2.75) is 51.3 Å². The van der Waals surface area contributed by atoms with E-state index in [1.807, 2.05) is 30.3 Å². The molecule has 2 aliphatic rings. The van der Waals surface area contributed by atoms with Gasteiger partial charge in [-0.25, -0.2) is 4.68 Å². The third kappa shape index (κ3) is 3.93. The minimum Gasteiger partial charge on any atom is -0.490 e. The van der Waals surface area contributed by atoms with Gasteiger partial charge in [-0.2, -0.15) is 5.10 Å². The highest BCUT2D eigenvalue weighted by molar-refractivity contribution is 5.21. The molecule has 1 aliphatic heterocycles. The molecule has 25 heavy (non-hydrogen) atoms. The van der Waals surface area contributed by atoms with Gasteiger partial charge in [-0.1, -0.05) is 18.2 Å². The first-order valence-electron chi connectivity index (χ1n) is 9.32. The van der Waals surface area contributed by atoms with Gasteiger partial charge < -0.3 is 4.74 Å². The number of rotatable bonds is 4. The first-order chi connectivity index (χ1) is 12.3. The van der Waals surface area contributed by atoms with E-state index in [1.165, 1.54) is 12.8 Å². The van der Waals surface area contributed by atoms with Gasteiger partial charge in [0.25, 0.3) is 5.56 Å². The van der Waals surface area contributed by atoms with Gasteiger partial charge >= 0.3 is 0 Å². The Hall–Kier alpha value is -2.14. The molecule has 2 heterocycles. The number of aromatic nitrogens is 2. The van der Waals surface area contributed by atoms with E-state index in [9.17, 15) is 4.79 Å². The Morgan fingerprint density at radius 2 is 1.84 bits per heavy atom. The fourth-order valence-corrected chi connectivity index (χ4v) is 3.75. The lowest BCUT2D eigenvalue weighted by Crippen LogP contribution is -2.42. The van der Waals surface area contributed by atoms with Crippen molar-refractivity contribution in [1.82, 2.24) is 14.7 Å². The second kappa shape index (κ2) is 7.40. The third-order valence-corrected chi connectivity index (χ3v) is 5.19. The van der Waals surface area contributed by atoms with Crippen molar-refractivity contribution in [2.24, 2.45) is 0 Å². The SMILES string of the molecule is O=c1cc2c(nn1CN1CCC(Oc3ccccc3)CC1)CCCC2. The van der Waals surface area contributed by atoms with E-state index in [1.54, 1.807) is 10.7 Å². The first-order valence-corrected chi connectivity index (χ1v) is 9.32. The number of likely N-dealkylation sites (tertiary alicyclic amines) is 1. The lowest BCUT2D eigenvalue weighted by atomic mass is 9.97. The van der Waals surface area contributed by atoms with Crippen molar-refractivity contribution in [2.75, 3.05) is 13.1 Å². The maximum atomic E-state index is 12.3. The zero-order valence-corrected chi connectivity index (χ0v) is 14.6. The van der Waals surface area contributed by atoms with Crippen molar-refractivity contribution in [3.8, 4) is 5.75 Å². The maximum absolute atomic E-state index is 12.3. The monoisotopic (exact) mass is 339 g/mol. The number of piperidine rings is 1. The summed E-state index contributed by atoms with van der Waals surface area (Å²) in [5.74, 6) is 0.938. The fraction of sp³-hybridized carbons (Fsp3) is 0.500. The molecule has 132 valence electrons. The average Bonchev–Trinajstić information content (AvgIpc) is 2.65. The average molecular weight is 339 g/mol. The van der Waals surface area contributed by atoms with Crippen LogP contribution in [0.15, 0.2) is 41.2 Å². The Labute approximate surface area is 148 Å². The summed E-state index contributed by atoms with van der Waals surface area (Å²) in [6, 6.07) is 11.8. The number of ether oxygens (including phenoxy) is 1. The molecule has 0 atom stereocenters. The zero-order chi connectivity index (χ0) is 17.1. The van der Waals surface area contributed by atoms with Crippen LogP contribution < -0.4 is 10.3 Å². The molecule has 0 N–H and O–H groups in total.